The van der Waals surface area contributed by atoms with Crippen molar-refractivity contribution >= 4 is 19.8 Å². The Morgan fingerprint density at radius 3 is 1.59 bits per heavy atom. The molecule has 0 aliphatic heterocycles. The summed E-state index contributed by atoms with van der Waals surface area (Å²) in [6.45, 7) is 3.97. The van der Waals surface area contributed by atoms with Crippen molar-refractivity contribution in [3.05, 3.63) is 24.3 Å². The SMILES string of the molecule is CCCCCCC(O)C/C=C/CCCCCCCC(=O)OC[C@H](COP(=O)([O-])OCC[N+](C)(C)C)OC(=O)CCCCCCC/C=C/CC(O)CCCCCC. The van der Waals surface area contributed by atoms with Crippen molar-refractivity contribution < 1.29 is 52.3 Å². The van der Waals surface area contributed by atoms with Gasteiger partial charge >= 0.3 is 11.9 Å². The van der Waals surface area contributed by atoms with Gasteiger partial charge in [0.25, 0.3) is 7.82 Å². The molecule has 0 aromatic carbocycles. The van der Waals surface area contributed by atoms with Gasteiger partial charge in [-0.15, -0.1) is 0 Å². The molecule has 3 unspecified atom stereocenters. The van der Waals surface area contributed by atoms with Gasteiger partial charge in [-0.3, -0.25) is 14.2 Å². The normalized spacial score (nSPS) is 14.9. The van der Waals surface area contributed by atoms with Gasteiger partial charge in [0.05, 0.1) is 40.0 Å². The number of likely N-dealkylation sites (N-methyl/N-ethyl adjacent to an activating group) is 1. The van der Waals surface area contributed by atoms with Crippen molar-refractivity contribution in [1.29, 1.82) is 0 Å². The fourth-order valence-corrected chi connectivity index (χ4v) is 6.70. The van der Waals surface area contributed by atoms with Gasteiger partial charge in [0.2, 0.25) is 0 Å². The van der Waals surface area contributed by atoms with E-state index in [4.69, 9.17) is 18.5 Å². The lowest BCUT2D eigenvalue weighted by Gasteiger charge is -2.28. The number of hydrogen-bond donors (Lipinski definition) is 2. The molecule has 12 heteroatoms. The van der Waals surface area contributed by atoms with E-state index in [0.29, 0.717) is 36.7 Å². The number of carbonyl (C=O) groups is 2. The maximum absolute atomic E-state index is 12.7. The van der Waals surface area contributed by atoms with E-state index in [1.165, 1.54) is 38.5 Å². The predicted octanol–water partition coefficient (Wildman–Crippen LogP) is 9.67. The molecule has 0 aliphatic carbocycles. The Morgan fingerprint density at radius 2 is 1.09 bits per heavy atom. The number of carbonyl (C=O) groups excluding carboxylic acids is 2. The van der Waals surface area contributed by atoms with Gasteiger partial charge in [-0.1, -0.05) is 128 Å². The summed E-state index contributed by atoms with van der Waals surface area (Å²) in [7, 11) is 1.09. The number of aliphatic hydroxyl groups is 2. The van der Waals surface area contributed by atoms with E-state index < -0.39 is 32.5 Å². The molecule has 0 saturated heterocycles. The number of phosphoric acid groups is 1. The third-order valence-corrected chi connectivity index (χ3v) is 10.6. The van der Waals surface area contributed by atoms with Crippen LogP contribution in [-0.2, 0) is 32.7 Å². The van der Waals surface area contributed by atoms with Crippen molar-refractivity contribution in [2.45, 2.75) is 199 Å². The molecule has 0 aliphatic rings. The lowest BCUT2D eigenvalue weighted by molar-refractivity contribution is -0.870. The Kier molecular flexibility index (Phi) is 35.5. The monoisotopic (exact) mass is 818 g/mol. The Labute approximate surface area is 342 Å². The van der Waals surface area contributed by atoms with Gasteiger partial charge in [0.15, 0.2) is 6.10 Å². The number of phosphoric ester groups is 1. The topological polar surface area (TPSA) is 152 Å². The molecule has 0 aromatic heterocycles. The first kappa shape index (κ1) is 54.4. The molecule has 0 heterocycles. The fourth-order valence-electron chi connectivity index (χ4n) is 5.97. The molecule has 330 valence electrons. The maximum Gasteiger partial charge on any atom is 0.306 e. The number of esters is 2. The van der Waals surface area contributed by atoms with E-state index in [9.17, 15) is 29.3 Å². The molecule has 0 amide bonds. The van der Waals surface area contributed by atoms with Crippen LogP contribution >= 0.6 is 7.82 Å². The van der Waals surface area contributed by atoms with Crippen molar-refractivity contribution in [3.63, 3.8) is 0 Å². The van der Waals surface area contributed by atoms with Gasteiger partial charge in [0, 0.05) is 12.8 Å². The minimum atomic E-state index is -4.65. The molecule has 0 fully saturated rings. The van der Waals surface area contributed by atoms with Crippen LogP contribution in [0.4, 0.5) is 0 Å². The van der Waals surface area contributed by atoms with Crippen molar-refractivity contribution in [1.82, 2.24) is 0 Å². The van der Waals surface area contributed by atoms with E-state index >= 15 is 0 Å². The maximum atomic E-state index is 12.7. The predicted molar refractivity (Wildman–Crippen MR) is 225 cm³/mol. The number of allylic oxidation sites excluding steroid dienone is 2. The summed E-state index contributed by atoms with van der Waals surface area (Å²) < 4.78 is 33.8. The second-order valence-corrected chi connectivity index (χ2v) is 17.8. The lowest BCUT2D eigenvalue weighted by atomic mass is 10.1. The first-order valence-corrected chi connectivity index (χ1v) is 23.7. The second-order valence-electron chi connectivity index (χ2n) is 16.4. The highest BCUT2D eigenvalue weighted by Gasteiger charge is 2.21. The molecule has 0 spiro atoms. The van der Waals surface area contributed by atoms with Gasteiger partial charge < -0.3 is 38.1 Å². The van der Waals surface area contributed by atoms with E-state index in [0.717, 1.165) is 89.9 Å². The summed E-state index contributed by atoms with van der Waals surface area (Å²) in [6, 6.07) is 0. The van der Waals surface area contributed by atoms with Crippen molar-refractivity contribution in [2.24, 2.45) is 0 Å². The number of hydrogen-bond acceptors (Lipinski definition) is 10. The molecule has 0 aromatic rings. The van der Waals surface area contributed by atoms with Crippen LogP contribution in [0.3, 0.4) is 0 Å². The first-order valence-electron chi connectivity index (χ1n) is 22.2. The summed E-state index contributed by atoms with van der Waals surface area (Å²) in [5.74, 6) is -0.925. The summed E-state index contributed by atoms with van der Waals surface area (Å²) >= 11 is 0. The number of aliphatic hydroxyl groups excluding tert-OH is 2. The quantitative estimate of drug-likeness (QED) is 0.0201. The van der Waals surface area contributed by atoms with Crippen LogP contribution in [0.5, 0.6) is 0 Å². The van der Waals surface area contributed by atoms with E-state index in [2.05, 4.69) is 38.2 Å². The Morgan fingerprint density at radius 1 is 0.625 bits per heavy atom. The Bertz CT molecular complexity index is 1050. The molecule has 2 N–H and O–H groups in total. The van der Waals surface area contributed by atoms with Crippen LogP contribution in [0.2, 0.25) is 0 Å². The van der Waals surface area contributed by atoms with Gasteiger partial charge in [0.1, 0.15) is 19.8 Å². The third-order valence-electron chi connectivity index (χ3n) is 9.59. The Hall–Kier alpha value is -1.59. The largest absolute Gasteiger partial charge is 0.756 e. The van der Waals surface area contributed by atoms with Crippen molar-refractivity contribution in [3.8, 4) is 0 Å². The molecule has 0 bridgehead atoms. The summed E-state index contributed by atoms with van der Waals surface area (Å²) in [4.78, 5) is 37.5. The molecule has 11 nitrogen and oxygen atoms in total. The number of nitrogens with zero attached hydrogens (tertiary/aromatic N) is 1. The van der Waals surface area contributed by atoms with Crippen molar-refractivity contribution in [2.75, 3.05) is 47.5 Å². The standard InChI is InChI=1S/C44H84NO10P/c1-6-8-10-24-30-40(46)32-26-20-16-12-14-18-22-28-34-43(48)52-38-42(39-54-56(50,51)53-37-36-45(3,4)5)55-44(49)35-29-23-19-15-13-17-21-27-33-41(47)31-25-11-9-7-2/h20-21,26-27,40-42,46-47H,6-19,22-25,28-39H2,1-5H3/b26-20+,27-21+/t40?,41?,42-/m1/s1. The highest BCUT2D eigenvalue weighted by molar-refractivity contribution is 7.45. The van der Waals surface area contributed by atoms with Crippen LogP contribution in [0.25, 0.3) is 0 Å². The molecular weight excluding hydrogens is 733 g/mol. The van der Waals surface area contributed by atoms with E-state index in [1.807, 2.05) is 21.1 Å². The molecule has 0 radical (unpaired) electrons. The highest BCUT2D eigenvalue weighted by Crippen LogP contribution is 2.38. The van der Waals surface area contributed by atoms with Crippen LogP contribution < -0.4 is 4.89 Å². The zero-order valence-electron chi connectivity index (χ0n) is 36.3. The summed E-state index contributed by atoms with van der Waals surface area (Å²) in [5.41, 5.74) is 0. The van der Waals surface area contributed by atoms with Gasteiger partial charge in [-0.2, -0.15) is 0 Å². The minimum Gasteiger partial charge on any atom is -0.756 e. The van der Waals surface area contributed by atoms with Gasteiger partial charge in [-0.05, 0) is 64.2 Å². The average Bonchev–Trinajstić information content (AvgIpc) is 3.13. The summed E-state index contributed by atoms with van der Waals surface area (Å²) in [5, 5.41) is 20.1. The number of ether oxygens (including phenoxy) is 2. The van der Waals surface area contributed by atoms with Crippen LogP contribution in [-0.4, -0.2) is 92.5 Å². The third kappa shape index (κ3) is 39.2. The van der Waals surface area contributed by atoms with Gasteiger partial charge in [-0.25, -0.2) is 0 Å². The Balaban J connectivity index is 4.46. The van der Waals surface area contributed by atoms with Crippen LogP contribution in [0.1, 0.15) is 181 Å². The number of quaternary nitrogens is 1. The molecular formula is C44H84NO10P. The van der Waals surface area contributed by atoms with Crippen LogP contribution in [0, 0.1) is 0 Å². The molecule has 0 saturated carbocycles. The van der Waals surface area contributed by atoms with Crippen LogP contribution in [0.15, 0.2) is 24.3 Å². The van der Waals surface area contributed by atoms with E-state index in [1.54, 1.807) is 0 Å². The smallest absolute Gasteiger partial charge is 0.306 e. The van der Waals surface area contributed by atoms with E-state index in [-0.39, 0.29) is 38.3 Å². The number of rotatable bonds is 40. The number of unbranched alkanes of at least 4 members (excludes halogenated alkanes) is 16. The lowest BCUT2D eigenvalue weighted by Crippen LogP contribution is -2.37. The minimum absolute atomic E-state index is 0.0532. The molecule has 56 heavy (non-hydrogen) atoms. The second kappa shape index (κ2) is 36.5. The fraction of sp³-hybridized carbons (Fsp3) is 0.864. The first-order chi connectivity index (χ1) is 26.8. The summed E-state index contributed by atoms with van der Waals surface area (Å²) in [6.07, 6.45) is 31.1. The molecule has 4 atom stereocenters. The highest BCUT2D eigenvalue weighted by atomic mass is 31.2. The molecule has 0 rings (SSSR count). The average molecular weight is 818 g/mol. The zero-order chi connectivity index (χ0) is 41.8. The zero-order valence-corrected chi connectivity index (χ0v) is 37.2.